The predicted octanol–water partition coefficient (Wildman–Crippen LogP) is 3.57. The number of amides is 1. The summed E-state index contributed by atoms with van der Waals surface area (Å²) in [6.45, 7) is 0.415. The summed E-state index contributed by atoms with van der Waals surface area (Å²) in [6, 6.07) is 22.2. The van der Waals surface area contributed by atoms with Crippen molar-refractivity contribution >= 4 is 17.8 Å². The lowest BCUT2D eigenvalue weighted by atomic mass is 10.0. The molecule has 1 amide bonds. The fraction of sp³-hybridized carbons (Fsp3) is 0.192. The fourth-order valence-electron chi connectivity index (χ4n) is 3.22. The van der Waals surface area contributed by atoms with Gasteiger partial charge in [0.15, 0.2) is 0 Å². The van der Waals surface area contributed by atoms with Crippen LogP contribution in [0.3, 0.4) is 0 Å². The van der Waals surface area contributed by atoms with Crippen molar-refractivity contribution in [3.63, 3.8) is 0 Å². The molecule has 0 aliphatic rings. The number of ether oxygens (including phenoxy) is 3. The lowest BCUT2D eigenvalue weighted by molar-refractivity contribution is -0.142. The second kappa shape index (κ2) is 11.5. The van der Waals surface area contributed by atoms with E-state index in [4.69, 9.17) is 9.47 Å². The lowest BCUT2D eigenvalue weighted by Crippen LogP contribution is -2.43. The summed E-state index contributed by atoms with van der Waals surface area (Å²) >= 11 is 0. The van der Waals surface area contributed by atoms with Gasteiger partial charge in [0.25, 0.3) is 5.91 Å². The summed E-state index contributed by atoms with van der Waals surface area (Å²) in [5.74, 6) is -0.991. The molecule has 0 bridgehead atoms. The second-order valence-corrected chi connectivity index (χ2v) is 7.25. The molecule has 7 heteroatoms. The van der Waals surface area contributed by atoms with Crippen LogP contribution >= 0.6 is 0 Å². The zero-order valence-corrected chi connectivity index (χ0v) is 18.4. The Morgan fingerprint density at radius 2 is 1.48 bits per heavy atom. The first kappa shape index (κ1) is 23.5. The number of benzene rings is 3. The van der Waals surface area contributed by atoms with Crippen LogP contribution in [0.2, 0.25) is 0 Å². The Hall–Kier alpha value is -4.13. The molecule has 0 saturated heterocycles. The van der Waals surface area contributed by atoms with Crippen LogP contribution in [0.1, 0.15) is 31.8 Å². The maximum Gasteiger partial charge on any atom is 0.337 e. The van der Waals surface area contributed by atoms with Gasteiger partial charge in [0.05, 0.1) is 19.8 Å². The number of carbonyl (C=O) groups is 3. The summed E-state index contributed by atoms with van der Waals surface area (Å²) in [5.41, 5.74) is 2.30. The Morgan fingerprint density at radius 1 is 0.788 bits per heavy atom. The monoisotopic (exact) mass is 447 g/mol. The lowest BCUT2D eigenvalue weighted by Gasteiger charge is -2.17. The topological polar surface area (TPSA) is 90.9 Å². The Bertz CT molecular complexity index is 1110. The molecule has 170 valence electrons. The molecule has 1 atom stereocenters. The van der Waals surface area contributed by atoms with Crippen LogP contribution in [0.4, 0.5) is 0 Å². The van der Waals surface area contributed by atoms with Crippen LogP contribution in [-0.4, -0.2) is 38.1 Å². The van der Waals surface area contributed by atoms with E-state index in [9.17, 15) is 14.4 Å². The molecule has 3 aromatic rings. The van der Waals surface area contributed by atoms with Crippen LogP contribution in [-0.2, 0) is 27.3 Å². The average Bonchev–Trinajstić information content (AvgIpc) is 2.87. The smallest absolute Gasteiger partial charge is 0.337 e. The first-order valence-corrected chi connectivity index (χ1v) is 10.3. The SMILES string of the molecule is COC(=O)c1cccc(C(=O)N[C@H](Cc2cccc(OCc3ccccc3)c2)C(=O)OC)c1. The van der Waals surface area contributed by atoms with Gasteiger partial charge in [0, 0.05) is 12.0 Å². The molecule has 0 fully saturated rings. The van der Waals surface area contributed by atoms with Gasteiger partial charge in [-0.05, 0) is 41.5 Å². The van der Waals surface area contributed by atoms with Crippen LogP contribution in [0.25, 0.3) is 0 Å². The zero-order valence-electron chi connectivity index (χ0n) is 18.4. The van der Waals surface area contributed by atoms with E-state index in [2.05, 4.69) is 10.1 Å². The highest BCUT2D eigenvalue weighted by molar-refractivity contribution is 5.99. The Morgan fingerprint density at radius 3 is 2.21 bits per heavy atom. The summed E-state index contributed by atoms with van der Waals surface area (Å²) in [5, 5.41) is 2.69. The first-order chi connectivity index (χ1) is 16.0. The molecule has 3 rings (SSSR count). The van der Waals surface area contributed by atoms with E-state index in [-0.39, 0.29) is 17.5 Å². The molecule has 0 spiro atoms. The predicted molar refractivity (Wildman–Crippen MR) is 122 cm³/mol. The van der Waals surface area contributed by atoms with Gasteiger partial charge in [-0.3, -0.25) is 4.79 Å². The highest BCUT2D eigenvalue weighted by Gasteiger charge is 2.23. The third-order valence-corrected chi connectivity index (χ3v) is 4.92. The summed E-state index contributed by atoms with van der Waals surface area (Å²) in [4.78, 5) is 36.9. The molecule has 0 unspecified atom stereocenters. The molecular formula is C26H25NO6. The highest BCUT2D eigenvalue weighted by atomic mass is 16.5. The van der Waals surface area contributed by atoms with Crippen molar-refractivity contribution in [1.29, 1.82) is 0 Å². The summed E-state index contributed by atoms with van der Waals surface area (Å²) in [7, 11) is 2.53. The number of rotatable bonds is 9. The quantitative estimate of drug-likeness (QED) is 0.505. The third-order valence-electron chi connectivity index (χ3n) is 4.92. The van der Waals surface area contributed by atoms with E-state index in [0.717, 1.165) is 11.1 Å². The van der Waals surface area contributed by atoms with Crippen molar-refractivity contribution in [3.8, 4) is 5.75 Å². The highest BCUT2D eigenvalue weighted by Crippen LogP contribution is 2.17. The molecule has 1 N–H and O–H groups in total. The van der Waals surface area contributed by atoms with Crippen molar-refractivity contribution in [2.24, 2.45) is 0 Å². The molecule has 0 saturated carbocycles. The van der Waals surface area contributed by atoms with E-state index < -0.39 is 23.9 Å². The van der Waals surface area contributed by atoms with Crippen molar-refractivity contribution < 1.29 is 28.6 Å². The van der Waals surface area contributed by atoms with Crippen molar-refractivity contribution in [3.05, 3.63) is 101 Å². The largest absolute Gasteiger partial charge is 0.489 e. The molecular weight excluding hydrogens is 422 g/mol. The van der Waals surface area contributed by atoms with Crippen molar-refractivity contribution in [2.75, 3.05) is 14.2 Å². The van der Waals surface area contributed by atoms with Gasteiger partial charge in [-0.15, -0.1) is 0 Å². The molecule has 0 heterocycles. The van der Waals surface area contributed by atoms with E-state index in [1.54, 1.807) is 18.2 Å². The minimum absolute atomic E-state index is 0.206. The second-order valence-electron chi connectivity index (χ2n) is 7.25. The van der Waals surface area contributed by atoms with E-state index in [1.165, 1.54) is 20.3 Å². The molecule has 33 heavy (non-hydrogen) atoms. The molecule has 0 aliphatic carbocycles. The van der Waals surface area contributed by atoms with Gasteiger partial charge in [0.1, 0.15) is 18.4 Å². The van der Waals surface area contributed by atoms with E-state index in [1.807, 2.05) is 54.6 Å². The van der Waals surface area contributed by atoms with Crippen LogP contribution < -0.4 is 10.1 Å². The summed E-state index contributed by atoms with van der Waals surface area (Å²) < 4.78 is 15.4. The maximum absolute atomic E-state index is 12.8. The Balaban J connectivity index is 1.70. The van der Waals surface area contributed by atoms with Gasteiger partial charge >= 0.3 is 11.9 Å². The molecule has 0 aromatic heterocycles. The van der Waals surface area contributed by atoms with E-state index in [0.29, 0.717) is 12.4 Å². The molecule has 7 nitrogen and oxygen atoms in total. The Labute approximate surface area is 192 Å². The zero-order chi connectivity index (χ0) is 23.6. The third kappa shape index (κ3) is 6.67. The first-order valence-electron chi connectivity index (χ1n) is 10.3. The number of carbonyl (C=O) groups excluding carboxylic acids is 3. The van der Waals surface area contributed by atoms with Crippen molar-refractivity contribution in [2.45, 2.75) is 19.1 Å². The number of hydrogen-bond acceptors (Lipinski definition) is 6. The van der Waals surface area contributed by atoms with E-state index >= 15 is 0 Å². The normalized spacial score (nSPS) is 11.2. The van der Waals surface area contributed by atoms with Crippen LogP contribution in [0.15, 0.2) is 78.9 Å². The molecule has 0 aliphatic heterocycles. The van der Waals surface area contributed by atoms with Crippen molar-refractivity contribution in [1.82, 2.24) is 5.32 Å². The number of methoxy groups -OCH3 is 2. The standard InChI is InChI=1S/C26H25NO6/c1-31-25(29)21-12-7-11-20(16-21)24(28)27-23(26(30)32-2)15-19-10-6-13-22(14-19)33-17-18-8-4-3-5-9-18/h3-14,16,23H,15,17H2,1-2H3,(H,27,28)/t23-/m1/s1. The molecule has 3 aromatic carbocycles. The average molecular weight is 447 g/mol. The fourth-order valence-corrected chi connectivity index (χ4v) is 3.22. The Kier molecular flexibility index (Phi) is 8.18. The minimum atomic E-state index is -0.923. The maximum atomic E-state index is 12.8. The minimum Gasteiger partial charge on any atom is -0.489 e. The van der Waals surface area contributed by atoms with Gasteiger partial charge < -0.3 is 19.5 Å². The van der Waals surface area contributed by atoms with Gasteiger partial charge in [0.2, 0.25) is 0 Å². The van der Waals surface area contributed by atoms with Gasteiger partial charge in [-0.2, -0.15) is 0 Å². The number of hydrogen-bond donors (Lipinski definition) is 1. The molecule has 0 radical (unpaired) electrons. The van der Waals surface area contributed by atoms with Crippen LogP contribution in [0.5, 0.6) is 5.75 Å². The summed E-state index contributed by atoms with van der Waals surface area (Å²) in [6.07, 6.45) is 0.206. The number of nitrogens with one attached hydrogen (secondary N) is 1. The number of esters is 2. The van der Waals surface area contributed by atoms with Crippen LogP contribution in [0, 0.1) is 0 Å². The van der Waals surface area contributed by atoms with Gasteiger partial charge in [-0.25, -0.2) is 9.59 Å². The van der Waals surface area contributed by atoms with Gasteiger partial charge in [-0.1, -0.05) is 48.5 Å².